The largest absolute Gasteiger partial charge is 0.477 e. The van der Waals surface area contributed by atoms with Crippen LogP contribution in [0.15, 0.2) is 79.1 Å². The van der Waals surface area contributed by atoms with Crippen molar-refractivity contribution in [1.82, 2.24) is 9.97 Å². The second-order valence-electron chi connectivity index (χ2n) is 6.14. The number of para-hydroxylation sites is 1. The van der Waals surface area contributed by atoms with Gasteiger partial charge < -0.3 is 15.2 Å². The SMILES string of the molecule is O=C(Nc1ccc(Oc2ccnc3ccccc23)cc1)c1ccc(C(=O)O)nc1. The first-order valence-electron chi connectivity index (χ1n) is 8.72. The second-order valence-corrected chi connectivity index (χ2v) is 6.14. The Balaban J connectivity index is 1.46. The summed E-state index contributed by atoms with van der Waals surface area (Å²) in [7, 11) is 0. The minimum atomic E-state index is -1.14. The van der Waals surface area contributed by atoms with E-state index < -0.39 is 5.97 Å². The number of hydrogen-bond acceptors (Lipinski definition) is 5. The number of carbonyl (C=O) groups is 2. The molecular formula is C22H15N3O4. The highest BCUT2D eigenvalue weighted by Crippen LogP contribution is 2.29. The van der Waals surface area contributed by atoms with Crippen LogP contribution in [0, 0.1) is 0 Å². The lowest BCUT2D eigenvalue weighted by atomic mass is 10.2. The predicted octanol–water partition coefficient (Wildman–Crippen LogP) is 4.37. The van der Waals surface area contributed by atoms with Crippen LogP contribution in [0.1, 0.15) is 20.8 Å². The van der Waals surface area contributed by atoms with Crippen molar-refractivity contribution in [1.29, 1.82) is 0 Å². The zero-order valence-electron chi connectivity index (χ0n) is 15.1. The van der Waals surface area contributed by atoms with Crippen molar-refractivity contribution in [2.45, 2.75) is 0 Å². The third-order valence-electron chi connectivity index (χ3n) is 4.19. The summed E-state index contributed by atoms with van der Waals surface area (Å²) in [6, 6.07) is 19.1. The number of nitrogens with zero attached hydrogens (tertiary/aromatic N) is 2. The highest BCUT2D eigenvalue weighted by atomic mass is 16.5. The van der Waals surface area contributed by atoms with E-state index in [2.05, 4.69) is 15.3 Å². The van der Waals surface area contributed by atoms with E-state index in [1.165, 1.54) is 18.3 Å². The Hall–Kier alpha value is -4.26. The fourth-order valence-electron chi connectivity index (χ4n) is 2.75. The molecular weight excluding hydrogens is 370 g/mol. The van der Waals surface area contributed by atoms with E-state index in [-0.39, 0.29) is 17.2 Å². The fourth-order valence-corrected chi connectivity index (χ4v) is 2.75. The predicted molar refractivity (Wildman–Crippen MR) is 107 cm³/mol. The molecule has 0 saturated heterocycles. The maximum absolute atomic E-state index is 12.3. The number of aromatic carboxylic acids is 1. The van der Waals surface area contributed by atoms with E-state index in [1.54, 1.807) is 36.5 Å². The lowest BCUT2D eigenvalue weighted by Gasteiger charge is -2.10. The number of carboxylic acid groups (broad SMARTS) is 1. The summed E-state index contributed by atoms with van der Waals surface area (Å²) in [5.74, 6) is -0.221. The summed E-state index contributed by atoms with van der Waals surface area (Å²) in [6.07, 6.45) is 2.92. The van der Waals surface area contributed by atoms with Crippen LogP contribution in [0.25, 0.3) is 10.9 Å². The van der Waals surface area contributed by atoms with Crippen LogP contribution in [0.5, 0.6) is 11.5 Å². The Labute approximate surface area is 165 Å². The lowest BCUT2D eigenvalue weighted by Crippen LogP contribution is -2.13. The number of benzene rings is 2. The Morgan fingerprint density at radius 3 is 2.41 bits per heavy atom. The number of carboxylic acids is 1. The van der Waals surface area contributed by atoms with Crippen molar-refractivity contribution >= 4 is 28.5 Å². The molecule has 0 unspecified atom stereocenters. The Bertz CT molecular complexity index is 1180. The van der Waals surface area contributed by atoms with E-state index in [4.69, 9.17) is 9.84 Å². The van der Waals surface area contributed by atoms with E-state index in [0.29, 0.717) is 17.2 Å². The molecule has 1 amide bonds. The van der Waals surface area contributed by atoms with Gasteiger partial charge in [-0.2, -0.15) is 0 Å². The molecule has 0 atom stereocenters. The van der Waals surface area contributed by atoms with E-state index >= 15 is 0 Å². The van der Waals surface area contributed by atoms with E-state index in [9.17, 15) is 9.59 Å². The van der Waals surface area contributed by atoms with Gasteiger partial charge in [0.05, 0.1) is 11.1 Å². The number of aromatic nitrogens is 2. The molecule has 7 nitrogen and oxygen atoms in total. The van der Waals surface area contributed by atoms with Gasteiger partial charge in [-0.05, 0) is 54.6 Å². The molecule has 0 aliphatic rings. The normalized spacial score (nSPS) is 10.5. The molecule has 0 aliphatic carbocycles. The summed E-state index contributed by atoms with van der Waals surface area (Å²) >= 11 is 0. The maximum atomic E-state index is 12.3. The fraction of sp³-hybridized carbons (Fsp3) is 0. The van der Waals surface area contributed by atoms with E-state index in [0.717, 1.165) is 10.9 Å². The van der Waals surface area contributed by atoms with Crippen molar-refractivity contribution in [3.05, 3.63) is 90.4 Å². The first kappa shape index (κ1) is 18.1. The molecule has 0 spiro atoms. The van der Waals surface area contributed by atoms with Gasteiger partial charge in [0, 0.05) is 23.5 Å². The van der Waals surface area contributed by atoms with Crippen LogP contribution in [0.4, 0.5) is 5.69 Å². The molecule has 4 aromatic rings. The Morgan fingerprint density at radius 1 is 0.897 bits per heavy atom. The topological polar surface area (TPSA) is 101 Å². The van der Waals surface area contributed by atoms with Crippen LogP contribution in [0.3, 0.4) is 0 Å². The zero-order chi connectivity index (χ0) is 20.2. The summed E-state index contributed by atoms with van der Waals surface area (Å²) in [5, 5.41) is 12.5. The van der Waals surface area contributed by atoms with Crippen molar-refractivity contribution in [3.63, 3.8) is 0 Å². The van der Waals surface area contributed by atoms with Gasteiger partial charge in [0.1, 0.15) is 17.2 Å². The number of anilines is 1. The number of pyridine rings is 2. The minimum absolute atomic E-state index is 0.119. The molecule has 0 saturated carbocycles. The molecule has 29 heavy (non-hydrogen) atoms. The summed E-state index contributed by atoms with van der Waals surface area (Å²) < 4.78 is 5.95. The molecule has 142 valence electrons. The Kier molecular flexibility index (Phi) is 4.86. The molecule has 0 fully saturated rings. The number of fused-ring (bicyclic) bond motifs is 1. The van der Waals surface area contributed by atoms with Gasteiger partial charge in [0.25, 0.3) is 5.91 Å². The smallest absolute Gasteiger partial charge is 0.354 e. The molecule has 2 heterocycles. The highest BCUT2D eigenvalue weighted by molar-refractivity contribution is 6.04. The highest BCUT2D eigenvalue weighted by Gasteiger charge is 2.10. The molecule has 0 bridgehead atoms. The van der Waals surface area contributed by atoms with Gasteiger partial charge in [0.2, 0.25) is 0 Å². The Morgan fingerprint density at radius 2 is 1.69 bits per heavy atom. The number of ether oxygens (including phenoxy) is 1. The first-order chi connectivity index (χ1) is 14.1. The van der Waals surface area contributed by atoms with E-state index in [1.807, 2.05) is 24.3 Å². The molecule has 2 aromatic carbocycles. The first-order valence-corrected chi connectivity index (χ1v) is 8.72. The average molecular weight is 385 g/mol. The van der Waals surface area contributed by atoms with Gasteiger partial charge in [0.15, 0.2) is 0 Å². The second kappa shape index (κ2) is 7.77. The van der Waals surface area contributed by atoms with Crippen molar-refractivity contribution in [2.24, 2.45) is 0 Å². The average Bonchev–Trinajstić information content (AvgIpc) is 2.75. The van der Waals surface area contributed by atoms with Crippen molar-refractivity contribution in [2.75, 3.05) is 5.32 Å². The number of rotatable bonds is 5. The number of hydrogen-bond donors (Lipinski definition) is 2. The molecule has 4 rings (SSSR count). The van der Waals surface area contributed by atoms with Gasteiger partial charge >= 0.3 is 5.97 Å². The maximum Gasteiger partial charge on any atom is 0.354 e. The number of carbonyl (C=O) groups excluding carboxylic acids is 1. The van der Waals surface area contributed by atoms with Crippen molar-refractivity contribution in [3.8, 4) is 11.5 Å². The molecule has 2 aromatic heterocycles. The molecule has 0 radical (unpaired) electrons. The molecule has 2 N–H and O–H groups in total. The number of amides is 1. The van der Waals surface area contributed by atoms with Gasteiger partial charge in [-0.25, -0.2) is 9.78 Å². The van der Waals surface area contributed by atoms with Crippen LogP contribution in [0.2, 0.25) is 0 Å². The minimum Gasteiger partial charge on any atom is -0.477 e. The zero-order valence-corrected chi connectivity index (χ0v) is 15.1. The summed E-state index contributed by atoms with van der Waals surface area (Å²) in [6.45, 7) is 0. The van der Waals surface area contributed by atoms with Crippen LogP contribution in [-0.4, -0.2) is 27.0 Å². The van der Waals surface area contributed by atoms with Crippen molar-refractivity contribution < 1.29 is 19.4 Å². The van der Waals surface area contributed by atoms with Gasteiger partial charge in [-0.3, -0.25) is 9.78 Å². The van der Waals surface area contributed by atoms with Crippen LogP contribution >= 0.6 is 0 Å². The number of nitrogens with one attached hydrogen (secondary N) is 1. The lowest BCUT2D eigenvalue weighted by molar-refractivity contribution is 0.0690. The van der Waals surface area contributed by atoms with Gasteiger partial charge in [-0.1, -0.05) is 12.1 Å². The quantitative estimate of drug-likeness (QED) is 0.529. The molecule has 7 heteroatoms. The standard InChI is InChI=1S/C22H15N3O4/c26-21(14-5-10-19(22(27)28)24-13-14)25-15-6-8-16(9-7-15)29-20-11-12-23-18-4-2-1-3-17(18)20/h1-13H,(H,25,26)(H,27,28). The summed E-state index contributed by atoms with van der Waals surface area (Å²) in [4.78, 5) is 31.2. The molecule has 0 aliphatic heterocycles. The third-order valence-corrected chi connectivity index (χ3v) is 4.19. The third kappa shape index (κ3) is 4.03. The van der Waals surface area contributed by atoms with Gasteiger partial charge in [-0.15, -0.1) is 0 Å². The van der Waals surface area contributed by atoms with Crippen LogP contribution < -0.4 is 10.1 Å². The summed E-state index contributed by atoms with van der Waals surface area (Å²) in [5.41, 5.74) is 1.56. The monoisotopic (exact) mass is 385 g/mol. The van der Waals surface area contributed by atoms with Crippen LogP contribution in [-0.2, 0) is 0 Å².